The fraction of sp³-hybridized carbons (Fsp3) is 0.900. The molecule has 0 aromatic rings. The molecule has 82 valence electrons. The molecule has 0 aromatic carbocycles. The van der Waals surface area contributed by atoms with Crippen LogP contribution in [-0.4, -0.2) is 54.6 Å². The van der Waals surface area contributed by atoms with Crippen LogP contribution in [0.3, 0.4) is 0 Å². The Morgan fingerprint density at radius 3 is 2.50 bits per heavy atom. The number of carbonyl (C=O) groups excluding carboxylic acids is 1. The molecule has 14 heavy (non-hydrogen) atoms. The molecule has 1 unspecified atom stereocenters. The number of hydrogen-bond donors (Lipinski definition) is 1. The number of hydrogen-bond acceptors (Lipinski definition) is 2. The summed E-state index contributed by atoms with van der Waals surface area (Å²) in [7, 11) is 3.78. The highest BCUT2D eigenvalue weighted by molar-refractivity contribution is 5.76. The smallest absolute Gasteiger partial charge is 0.320 e. The van der Waals surface area contributed by atoms with Gasteiger partial charge in [-0.15, -0.1) is 0 Å². The molecule has 0 aliphatic carbocycles. The maximum absolute atomic E-state index is 11.7. The molecule has 1 N–H and O–H groups in total. The van der Waals surface area contributed by atoms with Gasteiger partial charge in [0.15, 0.2) is 0 Å². The second kappa shape index (κ2) is 3.77. The van der Waals surface area contributed by atoms with Gasteiger partial charge in [0.1, 0.15) is 0 Å². The van der Waals surface area contributed by atoms with Gasteiger partial charge in [0.25, 0.3) is 0 Å². The zero-order chi connectivity index (χ0) is 10.9. The number of nitrogens with zero attached hydrogens (tertiary/aromatic N) is 2. The minimum Gasteiger partial charge on any atom is -0.323 e. The SMILES string of the molecule is CNC(C)(C)CN1CC(C)N(C)C1=O. The van der Waals surface area contributed by atoms with Crippen molar-refractivity contribution in [2.45, 2.75) is 32.4 Å². The van der Waals surface area contributed by atoms with Gasteiger partial charge in [-0.3, -0.25) is 0 Å². The van der Waals surface area contributed by atoms with Crippen molar-refractivity contribution in [1.29, 1.82) is 0 Å². The molecule has 2 amide bonds. The van der Waals surface area contributed by atoms with Crippen LogP contribution in [0.1, 0.15) is 20.8 Å². The van der Waals surface area contributed by atoms with E-state index in [9.17, 15) is 4.79 Å². The summed E-state index contributed by atoms with van der Waals surface area (Å²) < 4.78 is 0. The predicted octanol–water partition coefficient (Wildman–Crippen LogP) is 0.740. The lowest BCUT2D eigenvalue weighted by molar-refractivity contribution is 0.185. The monoisotopic (exact) mass is 199 g/mol. The summed E-state index contributed by atoms with van der Waals surface area (Å²) >= 11 is 0. The molecule has 4 heteroatoms. The highest BCUT2D eigenvalue weighted by Gasteiger charge is 2.34. The van der Waals surface area contributed by atoms with E-state index in [0.29, 0.717) is 6.04 Å². The molecule has 1 aliphatic heterocycles. The van der Waals surface area contributed by atoms with Crippen molar-refractivity contribution in [2.24, 2.45) is 0 Å². The Bertz CT molecular complexity index is 227. The Kier molecular flexibility index (Phi) is 3.04. The largest absolute Gasteiger partial charge is 0.323 e. The molecular weight excluding hydrogens is 178 g/mol. The van der Waals surface area contributed by atoms with E-state index < -0.39 is 0 Å². The molecule has 0 bridgehead atoms. The molecule has 1 rings (SSSR count). The minimum absolute atomic E-state index is 0.0133. The number of likely N-dealkylation sites (N-methyl/N-ethyl adjacent to an activating group) is 2. The van der Waals surface area contributed by atoms with E-state index in [1.807, 2.05) is 19.0 Å². The van der Waals surface area contributed by atoms with Crippen LogP contribution in [0.5, 0.6) is 0 Å². The highest BCUT2D eigenvalue weighted by Crippen LogP contribution is 2.16. The standard InChI is InChI=1S/C10H21N3O/c1-8-6-13(9(14)12(8)5)7-10(2,3)11-4/h8,11H,6-7H2,1-5H3. The first-order valence-electron chi connectivity index (χ1n) is 5.08. The Labute approximate surface area is 86.2 Å². The summed E-state index contributed by atoms with van der Waals surface area (Å²) in [6.45, 7) is 7.87. The molecule has 4 nitrogen and oxygen atoms in total. The lowest BCUT2D eigenvalue weighted by Gasteiger charge is -2.29. The third-order valence-electron chi connectivity index (χ3n) is 2.98. The first kappa shape index (κ1) is 11.3. The molecule has 0 aromatic heterocycles. The van der Waals surface area contributed by atoms with E-state index in [0.717, 1.165) is 13.1 Å². The van der Waals surface area contributed by atoms with Gasteiger partial charge >= 0.3 is 6.03 Å². The summed E-state index contributed by atoms with van der Waals surface area (Å²) in [6, 6.07) is 0.469. The molecule has 1 atom stereocenters. The van der Waals surface area contributed by atoms with Crippen molar-refractivity contribution in [1.82, 2.24) is 15.1 Å². The summed E-state index contributed by atoms with van der Waals surface area (Å²) in [4.78, 5) is 15.4. The number of amides is 2. The Balaban J connectivity index is 2.60. The van der Waals surface area contributed by atoms with Crippen molar-refractivity contribution in [3.63, 3.8) is 0 Å². The summed E-state index contributed by atoms with van der Waals surface area (Å²) in [5.41, 5.74) is -0.0133. The Morgan fingerprint density at radius 1 is 1.57 bits per heavy atom. The third-order valence-corrected chi connectivity index (χ3v) is 2.98. The molecular formula is C10H21N3O. The quantitative estimate of drug-likeness (QED) is 0.727. The van der Waals surface area contributed by atoms with E-state index in [2.05, 4.69) is 26.1 Å². The summed E-state index contributed by atoms with van der Waals surface area (Å²) in [5.74, 6) is 0. The van der Waals surface area contributed by atoms with Crippen molar-refractivity contribution in [2.75, 3.05) is 27.2 Å². The van der Waals surface area contributed by atoms with Crippen LogP contribution in [-0.2, 0) is 0 Å². The molecule has 1 heterocycles. The van der Waals surface area contributed by atoms with Crippen LogP contribution in [0.25, 0.3) is 0 Å². The molecule has 1 saturated heterocycles. The number of nitrogens with one attached hydrogen (secondary N) is 1. The zero-order valence-electron chi connectivity index (χ0n) is 9.79. The first-order valence-corrected chi connectivity index (χ1v) is 5.08. The van der Waals surface area contributed by atoms with Gasteiger partial charge in [0.2, 0.25) is 0 Å². The number of urea groups is 1. The summed E-state index contributed by atoms with van der Waals surface area (Å²) in [6.07, 6.45) is 0. The lowest BCUT2D eigenvalue weighted by atomic mass is 10.1. The van der Waals surface area contributed by atoms with Crippen LogP contribution in [0.15, 0.2) is 0 Å². The Hall–Kier alpha value is -0.770. The van der Waals surface area contributed by atoms with Crippen LogP contribution in [0.2, 0.25) is 0 Å². The topological polar surface area (TPSA) is 35.6 Å². The number of carbonyl (C=O) groups is 1. The van der Waals surface area contributed by atoms with E-state index in [1.165, 1.54) is 0 Å². The zero-order valence-corrected chi connectivity index (χ0v) is 9.79. The maximum Gasteiger partial charge on any atom is 0.320 e. The second-order valence-electron chi connectivity index (χ2n) is 4.76. The molecule has 0 spiro atoms. The molecule has 1 fully saturated rings. The van der Waals surface area contributed by atoms with Crippen molar-refractivity contribution < 1.29 is 4.79 Å². The highest BCUT2D eigenvalue weighted by atomic mass is 16.2. The van der Waals surface area contributed by atoms with Gasteiger partial charge in [-0.05, 0) is 27.8 Å². The van der Waals surface area contributed by atoms with Crippen molar-refractivity contribution in [3.05, 3.63) is 0 Å². The molecule has 1 aliphatic rings. The first-order chi connectivity index (χ1) is 6.37. The molecule has 0 radical (unpaired) electrons. The van der Waals surface area contributed by atoms with Crippen molar-refractivity contribution in [3.8, 4) is 0 Å². The van der Waals surface area contributed by atoms with E-state index in [-0.39, 0.29) is 11.6 Å². The van der Waals surface area contributed by atoms with Gasteiger partial charge < -0.3 is 15.1 Å². The normalized spacial score (nSPS) is 23.5. The second-order valence-corrected chi connectivity index (χ2v) is 4.76. The van der Waals surface area contributed by atoms with Crippen LogP contribution in [0, 0.1) is 0 Å². The Morgan fingerprint density at radius 2 is 2.14 bits per heavy atom. The third kappa shape index (κ3) is 2.18. The van der Waals surface area contributed by atoms with Crippen molar-refractivity contribution >= 4 is 6.03 Å². The van der Waals surface area contributed by atoms with E-state index >= 15 is 0 Å². The van der Waals surface area contributed by atoms with Gasteiger partial charge in [-0.25, -0.2) is 4.79 Å². The van der Waals surface area contributed by atoms with Crippen LogP contribution in [0.4, 0.5) is 4.79 Å². The minimum atomic E-state index is -0.0133. The fourth-order valence-corrected chi connectivity index (χ4v) is 1.62. The average Bonchev–Trinajstić information content (AvgIpc) is 2.33. The van der Waals surface area contributed by atoms with Gasteiger partial charge in [0.05, 0.1) is 0 Å². The average molecular weight is 199 g/mol. The van der Waals surface area contributed by atoms with Gasteiger partial charge in [-0.2, -0.15) is 0 Å². The van der Waals surface area contributed by atoms with Crippen LogP contribution >= 0.6 is 0 Å². The van der Waals surface area contributed by atoms with E-state index in [4.69, 9.17) is 0 Å². The summed E-state index contributed by atoms with van der Waals surface area (Å²) in [5, 5.41) is 3.21. The number of rotatable bonds is 3. The fourth-order valence-electron chi connectivity index (χ4n) is 1.62. The predicted molar refractivity (Wildman–Crippen MR) is 57.3 cm³/mol. The molecule has 0 saturated carbocycles. The maximum atomic E-state index is 11.7. The van der Waals surface area contributed by atoms with E-state index in [1.54, 1.807) is 4.90 Å². The lowest BCUT2D eigenvalue weighted by Crippen LogP contribution is -2.48. The van der Waals surface area contributed by atoms with Gasteiger partial charge in [-0.1, -0.05) is 0 Å². The van der Waals surface area contributed by atoms with Gasteiger partial charge in [0, 0.05) is 31.7 Å². The van der Waals surface area contributed by atoms with Crippen LogP contribution < -0.4 is 5.32 Å².